The predicted octanol–water partition coefficient (Wildman–Crippen LogP) is 8.56. The van der Waals surface area contributed by atoms with Crippen LogP contribution in [-0.4, -0.2) is 63.1 Å². The molecule has 1 N–H and O–H groups in total. The van der Waals surface area contributed by atoms with E-state index >= 15 is 0 Å². The third-order valence-corrected chi connectivity index (χ3v) is 10.4. The van der Waals surface area contributed by atoms with Gasteiger partial charge in [0.15, 0.2) is 11.2 Å². The molecule has 0 amide bonds. The number of aliphatic carboxylic acids is 1. The van der Waals surface area contributed by atoms with Gasteiger partial charge in [-0.05, 0) is 97.3 Å². The van der Waals surface area contributed by atoms with Crippen LogP contribution in [0.4, 0.5) is 8.78 Å². The molecular weight excluding hydrogens is 680 g/mol. The summed E-state index contributed by atoms with van der Waals surface area (Å²) in [5.41, 5.74) is 8.95. The van der Waals surface area contributed by atoms with E-state index in [9.17, 15) is 23.9 Å². The molecule has 0 spiro atoms. The molecule has 6 aromatic rings. The topological polar surface area (TPSA) is 129 Å². The van der Waals surface area contributed by atoms with Crippen LogP contribution in [0, 0.1) is 31.1 Å². The van der Waals surface area contributed by atoms with Crippen LogP contribution >= 0.6 is 0 Å². The predicted molar refractivity (Wildman–Crippen MR) is 194 cm³/mol. The van der Waals surface area contributed by atoms with Crippen LogP contribution < -0.4 is 4.74 Å². The van der Waals surface area contributed by atoms with Crippen LogP contribution in [0.15, 0.2) is 69.5 Å². The summed E-state index contributed by atoms with van der Waals surface area (Å²) in [7, 11) is 0. The molecule has 2 aliphatic heterocycles. The van der Waals surface area contributed by atoms with Gasteiger partial charge in [-0.15, -0.1) is 0 Å². The number of alkyl halides is 2. The van der Waals surface area contributed by atoms with Gasteiger partial charge < -0.3 is 18.7 Å². The Balaban J connectivity index is 1.13. The molecule has 2 aromatic heterocycles. The van der Waals surface area contributed by atoms with E-state index in [0.717, 1.165) is 58.6 Å². The number of fused-ring (bicyclic) bond motifs is 2. The highest BCUT2D eigenvalue weighted by atomic mass is 19.3. The van der Waals surface area contributed by atoms with Crippen molar-refractivity contribution < 1.29 is 32.3 Å². The van der Waals surface area contributed by atoms with Crippen molar-refractivity contribution in [3.05, 3.63) is 88.5 Å². The maximum Gasteiger partial charge on any atom is 0.387 e. The maximum atomic E-state index is 13.5. The largest absolute Gasteiger partial charge is 0.480 e. The molecule has 0 radical (unpaired) electrons. The van der Waals surface area contributed by atoms with Gasteiger partial charge in [0.25, 0.3) is 0 Å². The molecule has 53 heavy (non-hydrogen) atoms. The third kappa shape index (κ3) is 6.51. The van der Waals surface area contributed by atoms with Crippen molar-refractivity contribution in [2.45, 2.75) is 59.4 Å². The lowest BCUT2D eigenvalue weighted by atomic mass is 9.91. The zero-order valence-electron chi connectivity index (χ0n) is 29.5. The van der Waals surface area contributed by atoms with Crippen LogP contribution in [0.5, 0.6) is 5.75 Å². The Hall–Kier alpha value is -5.64. The first-order valence-corrected chi connectivity index (χ1v) is 17.7. The smallest absolute Gasteiger partial charge is 0.387 e. The third-order valence-electron chi connectivity index (χ3n) is 10.4. The van der Waals surface area contributed by atoms with E-state index in [2.05, 4.69) is 17.9 Å². The number of carboxylic acid groups (broad SMARTS) is 1. The fraction of sp³-hybridized carbons (Fsp3) is 0.317. The van der Waals surface area contributed by atoms with Crippen molar-refractivity contribution in [3.8, 4) is 45.9 Å². The summed E-state index contributed by atoms with van der Waals surface area (Å²) < 4.78 is 44.3. The minimum Gasteiger partial charge on any atom is -0.480 e. The average Bonchev–Trinajstić information content (AvgIpc) is 3.86. The Morgan fingerprint density at radius 1 is 0.962 bits per heavy atom. The van der Waals surface area contributed by atoms with Crippen LogP contribution in [0.3, 0.4) is 0 Å². The van der Waals surface area contributed by atoms with Crippen molar-refractivity contribution in [2.75, 3.05) is 19.6 Å². The van der Waals surface area contributed by atoms with Crippen molar-refractivity contribution in [2.24, 2.45) is 5.92 Å². The van der Waals surface area contributed by atoms with Crippen molar-refractivity contribution in [3.63, 3.8) is 0 Å². The first kappa shape index (κ1) is 34.4. The standard InChI is InChI=1S/C41H37F2N5O5/c1-22-18-47(19-22)20-25-13-26(17-44)37-33(14-25)46-39(53-37)31-10-5-8-29(24(31)3)28-7-4-9-30(23(28)2)38-45-32-15-27(21-48-12-6-11-34(48)40(49)50)35(52-41(42)43)16-36(32)51-38/h4-5,7-10,13-16,22,34,41H,6,11-12,18-21H2,1-3H3,(H,49,50)/t34-/m0/s1. The lowest BCUT2D eigenvalue weighted by Gasteiger charge is -2.37. The number of hydrogen-bond donors (Lipinski definition) is 1. The lowest BCUT2D eigenvalue weighted by Crippen LogP contribution is -2.44. The number of oxazole rings is 2. The van der Waals surface area contributed by atoms with E-state index in [1.807, 2.05) is 62.4 Å². The van der Waals surface area contributed by atoms with Gasteiger partial charge in [-0.3, -0.25) is 14.6 Å². The molecule has 8 rings (SSSR count). The molecule has 12 heteroatoms. The second-order valence-electron chi connectivity index (χ2n) is 14.2. The number of carboxylic acids is 1. The number of nitrogens with zero attached hydrogens (tertiary/aromatic N) is 5. The van der Waals surface area contributed by atoms with Gasteiger partial charge in [0, 0.05) is 48.9 Å². The van der Waals surface area contributed by atoms with E-state index in [1.54, 1.807) is 11.0 Å². The summed E-state index contributed by atoms with van der Waals surface area (Å²) in [6.45, 7) is 6.64. The highest BCUT2D eigenvalue weighted by Crippen LogP contribution is 2.39. The molecule has 2 fully saturated rings. The van der Waals surface area contributed by atoms with Crippen LogP contribution in [0.25, 0.3) is 56.2 Å². The number of nitriles is 1. The van der Waals surface area contributed by atoms with Gasteiger partial charge in [0.05, 0.1) is 5.56 Å². The summed E-state index contributed by atoms with van der Waals surface area (Å²) in [4.78, 5) is 25.5. The number of likely N-dealkylation sites (tertiary alicyclic amines) is 2. The lowest BCUT2D eigenvalue weighted by molar-refractivity contribution is -0.142. The molecule has 4 heterocycles. The number of rotatable bonds is 10. The molecule has 0 saturated carbocycles. The van der Waals surface area contributed by atoms with E-state index in [1.165, 1.54) is 6.07 Å². The van der Waals surface area contributed by atoms with Gasteiger partial charge in [-0.1, -0.05) is 31.2 Å². The highest BCUT2D eigenvalue weighted by molar-refractivity contribution is 5.86. The Labute approximate surface area is 304 Å². The molecule has 4 aromatic carbocycles. The Morgan fingerprint density at radius 3 is 2.26 bits per heavy atom. The first-order chi connectivity index (χ1) is 25.6. The number of aromatic nitrogens is 2. The monoisotopic (exact) mass is 717 g/mol. The second kappa shape index (κ2) is 13.7. The van der Waals surface area contributed by atoms with E-state index < -0.39 is 18.6 Å². The summed E-state index contributed by atoms with van der Waals surface area (Å²) in [6.07, 6.45) is 1.19. The molecular formula is C41H37F2N5O5. The van der Waals surface area contributed by atoms with Crippen LogP contribution in [0.2, 0.25) is 0 Å². The number of carbonyl (C=O) groups is 1. The minimum atomic E-state index is -3.07. The summed E-state index contributed by atoms with van der Waals surface area (Å²) >= 11 is 0. The SMILES string of the molecule is Cc1c(-c2nc3cc(CN4CCC[C@H]4C(=O)O)c(OC(F)F)cc3o2)cccc1-c1cccc(-c2nc3cc(CN4CC(C)C4)cc(C#N)c3o2)c1C. The average molecular weight is 718 g/mol. The molecule has 2 saturated heterocycles. The Bertz CT molecular complexity index is 2430. The minimum absolute atomic E-state index is 0.0766. The molecule has 0 bridgehead atoms. The number of ether oxygens (including phenoxy) is 1. The highest BCUT2D eigenvalue weighted by Gasteiger charge is 2.32. The molecule has 0 aliphatic carbocycles. The molecule has 270 valence electrons. The number of halogens is 2. The summed E-state index contributed by atoms with van der Waals surface area (Å²) in [5, 5.41) is 19.6. The Morgan fingerprint density at radius 2 is 1.62 bits per heavy atom. The summed E-state index contributed by atoms with van der Waals surface area (Å²) in [5.74, 6) is 0.402. The van der Waals surface area contributed by atoms with Gasteiger partial charge in [0.2, 0.25) is 11.8 Å². The van der Waals surface area contributed by atoms with Crippen molar-refractivity contribution in [1.29, 1.82) is 5.26 Å². The van der Waals surface area contributed by atoms with Gasteiger partial charge in [-0.2, -0.15) is 14.0 Å². The van der Waals surface area contributed by atoms with Gasteiger partial charge in [-0.25, -0.2) is 9.97 Å². The Kier molecular flexibility index (Phi) is 8.92. The fourth-order valence-corrected chi connectivity index (χ4v) is 7.87. The number of hydrogen-bond acceptors (Lipinski definition) is 9. The van der Waals surface area contributed by atoms with E-state index in [-0.39, 0.29) is 17.9 Å². The summed E-state index contributed by atoms with van der Waals surface area (Å²) in [6, 6.07) is 20.3. The molecule has 2 aliphatic rings. The maximum absolute atomic E-state index is 13.5. The number of benzene rings is 4. The van der Waals surface area contributed by atoms with Crippen LogP contribution in [-0.2, 0) is 17.9 Å². The van der Waals surface area contributed by atoms with Gasteiger partial charge in [0.1, 0.15) is 28.9 Å². The first-order valence-electron chi connectivity index (χ1n) is 17.7. The van der Waals surface area contributed by atoms with Crippen molar-refractivity contribution in [1.82, 2.24) is 19.8 Å². The molecule has 0 unspecified atom stereocenters. The fourth-order valence-electron chi connectivity index (χ4n) is 7.87. The molecule has 1 atom stereocenters. The van der Waals surface area contributed by atoms with E-state index in [4.69, 9.17) is 23.5 Å². The van der Waals surface area contributed by atoms with Gasteiger partial charge >= 0.3 is 12.6 Å². The zero-order valence-corrected chi connectivity index (χ0v) is 29.5. The molecule has 10 nitrogen and oxygen atoms in total. The zero-order chi connectivity index (χ0) is 37.0. The van der Waals surface area contributed by atoms with Crippen molar-refractivity contribution >= 4 is 28.2 Å². The van der Waals surface area contributed by atoms with E-state index in [0.29, 0.717) is 64.8 Å². The van der Waals surface area contributed by atoms with Crippen LogP contribution in [0.1, 0.15) is 47.6 Å². The second-order valence-corrected chi connectivity index (χ2v) is 14.2. The quantitative estimate of drug-likeness (QED) is 0.147. The normalized spacial score (nSPS) is 16.8.